The molecule has 2 aromatic rings. The van der Waals surface area contributed by atoms with Crippen LogP contribution in [0.15, 0.2) is 48.5 Å². The lowest BCUT2D eigenvalue weighted by Gasteiger charge is -2.14. The Bertz CT molecular complexity index is 581. The van der Waals surface area contributed by atoms with E-state index < -0.39 is 6.10 Å². The number of nitrogens with one attached hydrogen (secondary N) is 1. The number of phenols is 1. The average Bonchev–Trinajstić information content (AvgIpc) is 2.44. The fourth-order valence-electron chi connectivity index (χ4n) is 1.56. The summed E-state index contributed by atoms with van der Waals surface area (Å²) >= 11 is 5.77. The van der Waals surface area contributed by atoms with Crippen molar-refractivity contribution < 1.29 is 14.6 Å². The second-order valence-corrected chi connectivity index (χ2v) is 4.69. The number of ether oxygens (including phenoxy) is 1. The van der Waals surface area contributed by atoms with E-state index in [0.717, 1.165) is 0 Å². The molecule has 0 fully saturated rings. The van der Waals surface area contributed by atoms with Gasteiger partial charge in [-0.1, -0.05) is 11.6 Å². The average molecular weight is 292 g/mol. The van der Waals surface area contributed by atoms with Crippen LogP contribution in [0.3, 0.4) is 0 Å². The third kappa shape index (κ3) is 3.90. The smallest absolute Gasteiger partial charge is 0.265 e. The molecule has 0 aliphatic carbocycles. The largest absolute Gasteiger partial charge is 0.508 e. The molecule has 5 heteroatoms. The van der Waals surface area contributed by atoms with Crippen molar-refractivity contribution >= 4 is 23.2 Å². The van der Waals surface area contributed by atoms with Gasteiger partial charge < -0.3 is 15.2 Å². The molecule has 104 valence electrons. The van der Waals surface area contributed by atoms with E-state index in [-0.39, 0.29) is 11.7 Å². The van der Waals surface area contributed by atoms with Crippen molar-refractivity contribution in [1.82, 2.24) is 0 Å². The molecule has 0 bridgehead atoms. The number of halogens is 1. The van der Waals surface area contributed by atoms with Crippen molar-refractivity contribution in [3.63, 3.8) is 0 Å². The molecule has 0 heterocycles. The molecule has 2 rings (SSSR count). The van der Waals surface area contributed by atoms with Crippen LogP contribution in [-0.4, -0.2) is 17.1 Å². The van der Waals surface area contributed by atoms with Gasteiger partial charge in [-0.3, -0.25) is 4.79 Å². The monoisotopic (exact) mass is 291 g/mol. The van der Waals surface area contributed by atoms with Gasteiger partial charge in [0, 0.05) is 10.7 Å². The fourth-order valence-corrected chi connectivity index (χ4v) is 1.69. The summed E-state index contributed by atoms with van der Waals surface area (Å²) in [4.78, 5) is 12.0. The van der Waals surface area contributed by atoms with E-state index in [1.807, 2.05) is 0 Å². The molecule has 0 spiro atoms. The van der Waals surface area contributed by atoms with E-state index in [9.17, 15) is 9.90 Å². The van der Waals surface area contributed by atoms with Crippen molar-refractivity contribution in [2.45, 2.75) is 13.0 Å². The topological polar surface area (TPSA) is 58.6 Å². The minimum atomic E-state index is -0.657. The van der Waals surface area contributed by atoms with E-state index in [0.29, 0.717) is 16.5 Å². The minimum Gasteiger partial charge on any atom is -0.508 e. The summed E-state index contributed by atoms with van der Waals surface area (Å²) in [5.74, 6) is 0.401. The van der Waals surface area contributed by atoms with Crippen LogP contribution in [0, 0.1) is 0 Å². The normalized spacial score (nSPS) is 11.7. The lowest BCUT2D eigenvalue weighted by atomic mass is 10.3. The highest BCUT2D eigenvalue weighted by Crippen LogP contribution is 2.18. The van der Waals surface area contributed by atoms with Gasteiger partial charge in [0.25, 0.3) is 5.91 Å². The molecule has 2 N–H and O–H groups in total. The highest BCUT2D eigenvalue weighted by atomic mass is 35.5. The Labute approximate surface area is 122 Å². The van der Waals surface area contributed by atoms with Gasteiger partial charge in [0.15, 0.2) is 6.10 Å². The van der Waals surface area contributed by atoms with Gasteiger partial charge >= 0.3 is 0 Å². The molecular formula is C15H14ClNO3. The van der Waals surface area contributed by atoms with Crippen LogP contribution in [0.1, 0.15) is 6.92 Å². The summed E-state index contributed by atoms with van der Waals surface area (Å²) in [7, 11) is 0. The molecule has 0 saturated heterocycles. The van der Waals surface area contributed by atoms with Crippen LogP contribution in [0.5, 0.6) is 11.5 Å². The Morgan fingerprint density at radius 3 is 2.35 bits per heavy atom. The third-order valence-electron chi connectivity index (χ3n) is 2.63. The molecule has 1 amide bonds. The number of carbonyl (C=O) groups excluding carboxylic acids is 1. The number of amides is 1. The van der Waals surface area contributed by atoms with Crippen molar-refractivity contribution in [2.24, 2.45) is 0 Å². The fraction of sp³-hybridized carbons (Fsp3) is 0.133. The number of hydrogen-bond donors (Lipinski definition) is 2. The summed E-state index contributed by atoms with van der Waals surface area (Å²) in [6.07, 6.45) is -0.657. The standard InChI is InChI=1S/C15H14ClNO3/c1-10(20-14-8-6-13(18)7-9-14)15(19)17-12-4-2-11(16)3-5-12/h2-10,18H,1H3,(H,17,19). The summed E-state index contributed by atoms with van der Waals surface area (Å²) < 4.78 is 5.48. The molecule has 0 aliphatic heterocycles. The van der Waals surface area contributed by atoms with E-state index in [1.54, 1.807) is 43.3 Å². The third-order valence-corrected chi connectivity index (χ3v) is 2.88. The van der Waals surface area contributed by atoms with Crippen LogP contribution in [-0.2, 0) is 4.79 Å². The van der Waals surface area contributed by atoms with Gasteiger partial charge in [-0.25, -0.2) is 0 Å². The number of benzene rings is 2. The number of phenolic OH excluding ortho intramolecular Hbond substituents is 1. The Morgan fingerprint density at radius 2 is 1.75 bits per heavy atom. The molecule has 4 nitrogen and oxygen atoms in total. The number of aromatic hydroxyl groups is 1. The maximum Gasteiger partial charge on any atom is 0.265 e. The van der Waals surface area contributed by atoms with Gasteiger partial charge in [0.1, 0.15) is 11.5 Å². The van der Waals surface area contributed by atoms with Crippen molar-refractivity contribution in [2.75, 3.05) is 5.32 Å². The molecule has 0 radical (unpaired) electrons. The molecule has 0 aromatic heterocycles. The molecule has 0 saturated carbocycles. The van der Waals surface area contributed by atoms with Gasteiger partial charge in [-0.2, -0.15) is 0 Å². The second-order valence-electron chi connectivity index (χ2n) is 4.25. The zero-order valence-electron chi connectivity index (χ0n) is 10.8. The molecular weight excluding hydrogens is 278 g/mol. The van der Waals surface area contributed by atoms with Crippen LogP contribution in [0.25, 0.3) is 0 Å². The Kier molecular flexibility index (Phi) is 4.48. The number of anilines is 1. The van der Waals surface area contributed by atoms with E-state index in [1.165, 1.54) is 12.1 Å². The van der Waals surface area contributed by atoms with Crippen molar-refractivity contribution in [1.29, 1.82) is 0 Å². The maximum atomic E-state index is 12.0. The van der Waals surface area contributed by atoms with Crippen molar-refractivity contribution in [3.8, 4) is 11.5 Å². The zero-order valence-corrected chi connectivity index (χ0v) is 11.6. The maximum absolute atomic E-state index is 12.0. The van der Waals surface area contributed by atoms with E-state index in [4.69, 9.17) is 16.3 Å². The molecule has 1 unspecified atom stereocenters. The van der Waals surface area contributed by atoms with Crippen molar-refractivity contribution in [3.05, 3.63) is 53.6 Å². The summed E-state index contributed by atoms with van der Waals surface area (Å²) in [6, 6.07) is 13.0. The number of carbonyl (C=O) groups is 1. The molecule has 2 aromatic carbocycles. The number of rotatable bonds is 4. The molecule has 20 heavy (non-hydrogen) atoms. The van der Waals surface area contributed by atoms with Gasteiger partial charge in [0.05, 0.1) is 0 Å². The first kappa shape index (κ1) is 14.2. The van der Waals surface area contributed by atoms with Crippen LogP contribution in [0.2, 0.25) is 5.02 Å². The lowest BCUT2D eigenvalue weighted by molar-refractivity contribution is -0.122. The molecule has 0 aliphatic rings. The minimum absolute atomic E-state index is 0.149. The predicted molar refractivity (Wildman–Crippen MR) is 78.3 cm³/mol. The van der Waals surface area contributed by atoms with Crippen LogP contribution >= 0.6 is 11.6 Å². The first-order valence-electron chi connectivity index (χ1n) is 6.07. The van der Waals surface area contributed by atoms with Gasteiger partial charge in [-0.15, -0.1) is 0 Å². The summed E-state index contributed by atoms with van der Waals surface area (Å²) in [5.41, 5.74) is 0.653. The lowest BCUT2D eigenvalue weighted by Crippen LogP contribution is -2.30. The Balaban J connectivity index is 1.94. The van der Waals surface area contributed by atoms with E-state index >= 15 is 0 Å². The highest BCUT2D eigenvalue weighted by Gasteiger charge is 2.14. The predicted octanol–water partition coefficient (Wildman–Crippen LogP) is 3.45. The SMILES string of the molecule is CC(Oc1ccc(O)cc1)C(=O)Nc1ccc(Cl)cc1. The Morgan fingerprint density at radius 1 is 1.15 bits per heavy atom. The summed E-state index contributed by atoms with van der Waals surface area (Å²) in [6.45, 7) is 1.65. The first-order valence-corrected chi connectivity index (χ1v) is 6.44. The quantitative estimate of drug-likeness (QED) is 0.907. The number of hydrogen-bond acceptors (Lipinski definition) is 3. The van der Waals surface area contributed by atoms with Gasteiger partial charge in [0.2, 0.25) is 0 Å². The highest BCUT2D eigenvalue weighted by molar-refractivity contribution is 6.30. The Hall–Kier alpha value is -2.20. The zero-order chi connectivity index (χ0) is 14.5. The van der Waals surface area contributed by atoms with Gasteiger partial charge in [-0.05, 0) is 55.5 Å². The molecule has 1 atom stereocenters. The second kappa shape index (κ2) is 6.30. The van der Waals surface area contributed by atoms with E-state index in [2.05, 4.69) is 5.32 Å². The first-order chi connectivity index (χ1) is 9.54. The van der Waals surface area contributed by atoms with Crippen LogP contribution in [0.4, 0.5) is 5.69 Å². The summed E-state index contributed by atoms with van der Waals surface area (Å²) in [5, 5.41) is 12.5. The van der Waals surface area contributed by atoms with Crippen LogP contribution < -0.4 is 10.1 Å².